The van der Waals surface area contributed by atoms with E-state index in [9.17, 15) is 4.79 Å². The SMILES string of the molecule is Cc1cc(=O)n(Cc2nc(N)ccc2Cl)cn1. The van der Waals surface area contributed by atoms with Gasteiger partial charge < -0.3 is 5.73 Å². The number of nitrogen functional groups attached to an aromatic ring is 1. The van der Waals surface area contributed by atoms with E-state index in [0.717, 1.165) is 0 Å². The van der Waals surface area contributed by atoms with Crippen molar-refractivity contribution in [2.75, 3.05) is 5.73 Å². The summed E-state index contributed by atoms with van der Waals surface area (Å²) < 4.78 is 1.43. The topological polar surface area (TPSA) is 73.8 Å². The molecule has 5 nitrogen and oxygen atoms in total. The van der Waals surface area contributed by atoms with E-state index >= 15 is 0 Å². The Hall–Kier alpha value is -1.88. The molecule has 0 saturated heterocycles. The van der Waals surface area contributed by atoms with Crippen LogP contribution in [-0.4, -0.2) is 14.5 Å². The summed E-state index contributed by atoms with van der Waals surface area (Å²) in [4.78, 5) is 19.8. The first kappa shape index (κ1) is 11.6. The Bertz CT molecular complexity index is 609. The normalized spacial score (nSPS) is 10.5. The van der Waals surface area contributed by atoms with Crippen LogP contribution in [0.25, 0.3) is 0 Å². The third kappa shape index (κ3) is 2.62. The first-order chi connectivity index (χ1) is 8.06. The average Bonchev–Trinajstić information content (AvgIpc) is 2.27. The van der Waals surface area contributed by atoms with E-state index in [-0.39, 0.29) is 12.1 Å². The van der Waals surface area contributed by atoms with Crippen molar-refractivity contribution in [3.05, 3.63) is 51.3 Å². The van der Waals surface area contributed by atoms with Gasteiger partial charge in [0.1, 0.15) is 5.82 Å². The van der Waals surface area contributed by atoms with E-state index < -0.39 is 0 Å². The molecule has 6 heteroatoms. The number of anilines is 1. The van der Waals surface area contributed by atoms with Crippen LogP contribution in [0.15, 0.2) is 29.3 Å². The maximum atomic E-state index is 11.7. The molecule has 88 valence electrons. The minimum atomic E-state index is -0.141. The van der Waals surface area contributed by atoms with Gasteiger partial charge in [-0.1, -0.05) is 11.6 Å². The van der Waals surface area contributed by atoms with E-state index in [1.165, 1.54) is 17.0 Å². The van der Waals surface area contributed by atoms with E-state index in [4.69, 9.17) is 17.3 Å². The van der Waals surface area contributed by atoms with Crippen molar-refractivity contribution in [3.63, 3.8) is 0 Å². The molecule has 0 amide bonds. The molecule has 0 aliphatic carbocycles. The van der Waals surface area contributed by atoms with Crippen molar-refractivity contribution < 1.29 is 0 Å². The van der Waals surface area contributed by atoms with Crippen LogP contribution in [0.1, 0.15) is 11.4 Å². The number of aromatic nitrogens is 3. The molecule has 0 radical (unpaired) electrons. The lowest BCUT2D eigenvalue weighted by Gasteiger charge is -2.07. The quantitative estimate of drug-likeness (QED) is 0.870. The Balaban J connectivity index is 2.38. The van der Waals surface area contributed by atoms with E-state index in [2.05, 4.69) is 9.97 Å². The molecule has 0 aliphatic heterocycles. The van der Waals surface area contributed by atoms with Crippen molar-refractivity contribution >= 4 is 17.4 Å². The summed E-state index contributed by atoms with van der Waals surface area (Å²) in [5, 5.41) is 0.478. The van der Waals surface area contributed by atoms with Gasteiger partial charge in [-0.2, -0.15) is 0 Å². The largest absolute Gasteiger partial charge is 0.384 e. The Labute approximate surface area is 103 Å². The summed E-state index contributed by atoms with van der Waals surface area (Å²) in [6.45, 7) is 2.02. The van der Waals surface area contributed by atoms with E-state index in [0.29, 0.717) is 22.2 Å². The van der Waals surface area contributed by atoms with Crippen molar-refractivity contribution in [2.24, 2.45) is 0 Å². The Morgan fingerprint density at radius 2 is 2.24 bits per heavy atom. The van der Waals surface area contributed by atoms with Crippen molar-refractivity contribution in [1.82, 2.24) is 14.5 Å². The van der Waals surface area contributed by atoms with Gasteiger partial charge in [-0.25, -0.2) is 9.97 Å². The molecule has 2 heterocycles. The van der Waals surface area contributed by atoms with Gasteiger partial charge in [0.15, 0.2) is 0 Å². The molecule has 0 fully saturated rings. The summed E-state index contributed by atoms with van der Waals surface area (Å²) in [7, 11) is 0. The number of halogens is 1. The summed E-state index contributed by atoms with van der Waals surface area (Å²) in [6.07, 6.45) is 1.47. The number of rotatable bonds is 2. The van der Waals surface area contributed by atoms with Crippen molar-refractivity contribution in [1.29, 1.82) is 0 Å². The van der Waals surface area contributed by atoms with Crippen LogP contribution in [0.5, 0.6) is 0 Å². The van der Waals surface area contributed by atoms with Gasteiger partial charge in [0, 0.05) is 11.8 Å². The van der Waals surface area contributed by atoms with Crippen LogP contribution in [0, 0.1) is 6.92 Å². The van der Waals surface area contributed by atoms with E-state index in [1.54, 1.807) is 19.1 Å². The second-order valence-electron chi connectivity index (χ2n) is 3.66. The summed E-state index contributed by atoms with van der Waals surface area (Å²) in [5.41, 5.74) is 6.66. The highest BCUT2D eigenvalue weighted by atomic mass is 35.5. The fourth-order valence-electron chi connectivity index (χ4n) is 1.41. The van der Waals surface area contributed by atoms with Gasteiger partial charge in [-0.05, 0) is 19.1 Å². The molecule has 2 rings (SSSR count). The van der Waals surface area contributed by atoms with Gasteiger partial charge in [-0.3, -0.25) is 9.36 Å². The third-order valence-electron chi connectivity index (χ3n) is 2.28. The maximum Gasteiger partial charge on any atom is 0.253 e. The van der Waals surface area contributed by atoms with Crippen LogP contribution in [0.2, 0.25) is 5.02 Å². The van der Waals surface area contributed by atoms with Gasteiger partial charge in [0.25, 0.3) is 5.56 Å². The minimum Gasteiger partial charge on any atom is -0.384 e. The third-order valence-corrected chi connectivity index (χ3v) is 2.62. The summed E-state index contributed by atoms with van der Waals surface area (Å²) in [6, 6.07) is 4.73. The number of hydrogen-bond acceptors (Lipinski definition) is 4. The highest BCUT2D eigenvalue weighted by molar-refractivity contribution is 6.31. The van der Waals surface area contributed by atoms with Gasteiger partial charge in [0.05, 0.1) is 23.6 Å². The van der Waals surface area contributed by atoms with E-state index in [1.807, 2.05) is 0 Å². The zero-order valence-corrected chi connectivity index (χ0v) is 9.98. The monoisotopic (exact) mass is 250 g/mol. The Kier molecular flexibility index (Phi) is 3.10. The molecular formula is C11H11ClN4O. The molecule has 2 N–H and O–H groups in total. The lowest BCUT2D eigenvalue weighted by Crippen LogP contribution is -2.21. The van der Waals surface area contributed by atoms with Gasteiger partial charge in [0.2, 0.25) is 0 Å². The minimum absolute atomic E-state index is 0.141. The molecule has 0 aliphatic rings. The predicted molar refractivity (Wildman–Crippen MR) is 66.0 cm³/mol. The number of nitrogens with zero attached hydrogens (tertiary/aromatic N) is 3. The fourth-order valence-corrected chi connectivity index (χ4v) is 1.57. The molecule has 0 aromatic carbocycles. The lowest BCUT2D eigenvalue weighted by atomic mass is 10.3. The highest BCUT2D eigenvalue weighted by Gasteiger charge is 2.05. The van der Waals surface area contributed by atoms with Gasteiger partial charge >= 0.3 is 0 Å². The van der Waals surface area contributed by atoms with Crippen LogP contribution in [0.3, 0.4) is 0 Å². The molecule has 2 aromatic rings. The molecule has 17 heavy (non-hydrogen) atoms. The summed E-state index contributed by atoms with van der Waals surface area (Å²) in [5.74, 6) is 0.373. The average molecular weight is 251 g/mol. The van der Waals surface area contributed by atoms with Gasteiger partial charge in [-0.15, -0.1) is 0 Å². The van der Waals surface area contributed by atoms with Crippen LogP contribution in [0.4, 0.5) is 5.82 Å². The zero-order valence-electron chi connectivity index (χ0n) is 9.22. The van der Waals surface area contributed by atoms with Crippen LogP contribution in [-0.2, 0) is 6.54 Å². The second-order valence-corrected chi connectivity index (χ2v) is 4.07. The molecule has 2 aromatic heterocycles. The number of nitrogens with two attached hydrogens (primary N) is 1. The smallest absolute Gasteiger partial charge is 0.253 e. The van der Waals surface area contributed by atoms with Crippen LogP contribution < -0.4 is 11.3 Å². The highest BCUT2D eigenvalue weighted by Crippen LogP contribution is 2.15. The molecule has 0 spiro atoms. The zero-order chi connectivity index (χ0) is 12.4. The summed E-state index contributed by atoms with van der Waals surface area (Å²) >= 11 is 5.98. The first-order valence-electron chi connectivity index (χ1n) is 5.00. The standard InChI is InChI=1S/C11H11ClN4O/c1-7-4-11(17)16(6-14-7)5-9-8(12)2-3-10(13)15-9/h2-4,6H,5H2,1H3,(H2,13,15). The molecule has 0 unspecified atom stereocenters. The Morgan fingerprint density at radius 3 is 2.94 bits per heavy atom. The first-order valence-corrected chi connectivity index (χ1v) is 5.38. The number of aryl methyl sites for hydroxylation is 1. The maximum absolute atomic E-state index is 11.7. The molecule has 0 bridgehead atoms. The lowest BCUT2D eigenvalue weighted by molar-refractivity contribution is 0.715. The predicted octanol–water partition coefficient (Wildman–Crippen LogP) is 1.23. The van der Waals surface area contributed by atoms with Crippen LogP contribution >= 0.6 is 11.6 Å². The van der Waals surface area contributed by atoms with Crippen molar-refractivity contribution in [3.8, 4) is 0 Å². The number of hydrogen-bond donors (Lipinski definition) is 1. The molecule has 0 atom stereocenters. The number of pyridine rings is 1. The Morgan fingerprint density at radius 1 is 1.47 bits per heavy atom. The second kappa shape index (κ2) is 4.55. The fraction of sp³-hybridized carbons (Fsp3) is 0.182. The molecular weight excluding hydrogens is 240 g/mol. The molecule has 0 saturated carbocycles. The van der Waals surface area contributed by atoms with Crippen molar-refractivity contribution in [2.45, 2.75) is 13.5 Å².